The van der Waals surface area contributed by atoms with Gasteiger partial charge in [0.1, 0.15) is 11.9 Å². The number of rotatable bonds is 3. The first-order chi connectivity index (χ1) is 10.1. The Balaban J connectivity index is 1.89. The number of carbonyl (C=O) groups excluding carboxylic acids is 1. The fourth-order valence-corrected chi connectivity index (χ4v) is 3.78. The minimum Gasteiger partial charge on any atom is -0.496 e. The van der Waals surface area contributed by atoms with Gasteiger partial charge in [-0.15, -0.1) is 0 Å². The summed E-state index contributed by atoms with van der Waals surface area (Å²) >= 11 is 0. The molecule has 1 saturated carbocycles. The lowest BCUT2D eigenvalue weighted by Crippen LogP contribution is -2.41. The average Bonchev–Trinajstić information content (AvgIpc) is 3.04. The molecule has 4 nitrogen and oxygen atoms in total. The van der Waals surface area contributed by atoms with Gasteiger partial charge in [0.15, 0.2) is 0 Å². The summed E-state index contributed by atoms with van der Waals surface area (Å²) in [6.07, 6.45) is 3.58. The Kier molecular flexibility index (Phi) is 3.89. The summed E-state index contributed by atoms with van der Waals surface area (Å²) in [5.74, 6) is 1.71. The number of hydrogen-bond acceptors (Lipinski definition) is 3. The Labute approximate surface area is 126 Å². The second kappa shape index (κ2) is 5.68. The third-order valence-electron chi connectivity index (χ3n) is 4.92. The molecule has 1 amide bonds. The number of benzene rings is 1. The average molecular weight is 288 g/mol. The Morgan fingerprint density at radius 2 is 2.14 bits per heavy atom. The van der Waals surface area contributed by atoms with E-state index < -0.39 is 0 Å². The van der Waals surface area contributed by atoms with E-state index in [2.05, 4.69) is 29.3 Å². The fourth-order valence-electron chi connectivity index (χ4n) is 3.78. The van der Waals surface area contributed by atoms with Gasteiger partial charge in [0.25, 0.3) is 0 Å². The third kappa shape index (κ3) is 2.53. The summed E-state index contributed by atoms with van der Waals surface area (Å²) in [6, 6.07) is 6.56. The van der Waals surface area contributed by atoms with Crippen LogP contribution >= 0.6 is 0 Å². The molecule has 1 saturated heterocycles. The number of nitrogens with one attached hydrogen (secondary N) is 1. The molecular formula is C17H24N2O2. The molecule has 0 bridgehead atoms. The minimum atomic E-state index is 0.00709. The topological polar surface area (TPSA) is 41.6 Å². The van der Waals surface area contributed by atoms with Crippen molar-refractivity contribution in [3.8, 4) is 5.75 Å². The first-order valence-electron chi connectivity index (χ1n) is 7.81. The van der Waals surface area contributed by atoms with E-state index in [-0.39, 0.29) is 12.1 Å². The number of nitrogens with zero attached hydrogens (tertiary/aromatic N) is 1. The predicted molar refractivity (Wildman–Crippen MR) is 82.1 cm³/mol. The van der Waals surface area contributed by atoms with E-state index in [0.717, 1.165) is 23.3 Å². The maximum atomic E-state index is 12.3. The summed E-state index contributed by atoms with van der Waals surface area (Å²) in [7, 11) is 1.69. The maximum Gasteiger partial charge on any atom is 0.238 e. The van der Waals surface area contributed by atoms with Crippen LogP contribution in [0.15, 0.2) is 18.2 Å². The van der Waals surface area contributed by atoms with Gasteiger partial charge in [-0.2, -0.15) is 0 Å². The molecule has 1 aliphatic carbocycles. The first-order valence-corrected chi connectivity index (χ1v) is 7.81. The van der Waals surface area contributed by atoms with E-state index in [1.165, 1.54) is 12.8 Å². The molecule has 1 aliphatic heterocycles. The van der Waals surface area contributed by atoms with E-state index in [1.807, 2.05) is 13.0 Å². The monoisotopic (exact) mass is 288 g/mol. The minimum absolute atomic E-state index is 0.00709. The van der Waals surface area contributed by atoms with Crippen molar-refractivity contribution in [3.63, 3.8) is 0 Å². The Morgan fingerprint density at radius 3 is 2.76 bits per heavy atom. The van der Waals surface area contributed by atoms with Crippen molar-refractivity contribution in [1.29, 1.82) is 0 Å². The van der Waals surface area contributed by atoms with Crippen LogP contribution < -0.4 is 10.1 Å². The van der Waals surface area contributed by atoms with Crippen molar-refractivity contribution in [3.05, 3.63) is 29.3 Å². The van der Waals surface area contributed by atoms with Gasteiger partial charge in [-0.1, -0.05) is 19.4 Å². The van der Waals surface area contributed by atoms with Gasteiger partial charge >= 0.3 is 0 Å². The lowest BCUT2D eigenvalue weighted by atomic mass is 10.0. The number of ether oxygens (including phenoxy) is 1. The summed E-state index contributed by atoms with van der Waals surface area (Å²) in [4.78, 5) is 14.4. The molecule has 2 aliphatic rings. The quantitative estimate of drug-likeness (QED) is 0.929. The zero-order valence-electron chi connectivity index (χ0n) is 13.1. The molecule has 0 radical (unpaired) electrons. The van der Waals surface area contributed by atoms with Crippen LogP contribution in [-0.4, -0.2) is 30.5 Å². The van der Waals surface area contributed by atoms with E-state index in [1.54, 1.807) is 7.11 Å². The van der Waals surface area contributed by atoms with Gasteiger partial charge in [-0.3, -0.25) is 10.1 Å². The highest BCUT2D eigenvalue weighted by Crippen LogP contribution is 2.36. The van der Waals surface area contributed by atoms with Crippen LogP contribution in [0.3, 0.4) is 0 Å². The molecule has 1 aromatic rings. The van der Waals surface area contributed by atoms with E-state index >= 15 is 0 Å². The van der Waals surface area contributed by atoms with Gasteiger partial charge in [0.2, 0.25) is 5.91 Å². The standard InChI is InChI=1S/C17H24N2O2/c1-11-5-4-6-14(11)19-16(20)10-18-17(19)13-7-8-15(21-3)12(2)9-13/h7-9,11,14,17-18H,4-6,10H2,1-3H3. The van der Waals surface area contributed by atoms with Gasteiger partial charge in [0.05, 0.1) is 13.7 Å². The smallest absolute Gasteiger partial charge is 0.238 e. The Morgan fingerprint density at radius 1 is 1.33 bits per heavy atom. The van der Waals surface area contributed by atoms with Crippen LogP contribution in [0.25, 0.3) is 0 Å². The highest BCUT2D eigenvalue weighted by Gasteiger charge is 2.40. The molecule has 1 heterocycles. The molecule has 3 unspecified atom stereocenters. The lowest BCUT2D eigenvalue weighted by molar-refractivity contribution is -0.131. The predicted octanol–water partition coefficient (Wildman–Crippen LogP) is 2.62. The van der Waals surface area contributed by atoms with Gasteiger partial charge in [-0.25, -0.2) is 0 Å². The zero-order chi connectivity index (χ0) is 15.0. The fraction of sp³-hybridized carbons (Fsp3) is 0.588. The summed E-state index contributed by atoms with van der Waals surface area (Å²) < 4.78 is 5.33. The van der Waals surface area contributed by atoms with Crippen LogP contribution in [0.1, 0.15) is 43.5 Å². The molecule has 1 N–H and O–H groups in total. The number of amides is 1. The molecule has 21 heavy (non-hydrogen) atoms. The molecule has 2 fully saturated rings. The Bertz CT molecular complexity index is 544. The summed E-state index contributed by atoms with van der Waals surface area (Å²) in [5.41, 5.74) is 2.26. The highest BCUT2D eigenvalue weighted by atomic mass is 16.5. The second-order valence-electron chi connectivity index (χ2n) is 6.29. The van der Waals surface area contributed by atoms with Crippen molar-refractivity contribution < 1.29 is 9.53 Å². The second-order valence-corrected chi connectivity index (χ2v) is 6.29. The normalized spacial score (nSPS) is 29.2. The van der Waals surface area contributed by atoms with Crippen LogP contribution in [0.2, 0.25) is 0 Å². The van der Waals surface area contributed by atoms with Gasteiger partial charge in [-0.05, 0) is 48.9 Å². The lowest BCUT2D eigenvalue weighted by Gasteiger charge is -2.33. The number of methoxy groups -OCH3 is 1. The van der Waals surface area contributed by atoms with Crippen molar-refractivity contribution in [2.75, 3.05) is 13.7 Å². The number of hydrogen-bond donors (Lipinski definition) is 1. The molecule has 114 valence electrons. The molecule has 3 rings (SSSR count). The van der Waals surface area contributed by atoms with Gasteiger partial charge < -0.3 is 9.64 Å². The van der Waals surface area contributed by atoms with E-state index in [4.69, 9.17) is 4.74 Å². The summed E-state index contributed by atoms with van der Waals surface area (Å²) in [5, 5.41) is 3.37. The zero-order valence-corrected chi connectivity index (χ0v) is 13.1. The Hall–Kier alpha value is -1.55. The molecule has 4 heteroatoms. The number of aryl methyl sites for hydroxylation is 1. The first kappa shape index (κ1) is 14.4. The number of carbonyl (C=O) groups is 1. The van der Waals surface area contributed by atoms with Crippen molar-refractivity contribution in [1.82, 2.24) is 10.2 Å². The van der Waals surface area contributed by atoms with E-state index in [0.29, 0.717) is 18.5 Å². The van der Waals surface area contributed by atoms with Crippen molar-refractivity contribution in [2.45, 2.75) is 45.3 Å². The molecule has 0 spiro atoms. The maximum absolute atomic E-state index is 12.3. The van der Waals surface area contributed by atoms with Crippen LogP contribution in [-0.2, 0) is 4.79 Å². The third-order valence-corrected chi connectivity index (χ3v) is 4.92. The van der Waals surface area contributed by atoms with Gasteiger partial charge in [0, 0.05) is 6.04 Å². The summed E-state index contributed by atoms with van der Waals surface area (Å²) in [6.45, 7) is 4.75. The molecule has 0 aromatic heterocycles. The highest BCUT2D eigenvalue weighted by molar-refractivity contribution is 5.81. The van der Waals surface area contributed by atoms with Crippen molar-refractivity contribution in [2.24, 2.45) is 5.92 Å². The molecule has 1 aromatic carbocycles. The molecule has 3 atom stereocenters. The van der Waals surface area contributed by atoms with Crippen LogP contribution in [0.5, 0.6) is 5.75 Å². The van der Waals surface area contributed by atoms with E-state index in [9.17, 15) is 4.79 Å². The van der Waals surface area contributed by atoms with Crippen molar-refractivity contribution >= 4 is 5.91 Å². The largest absolute Gasteiger partial charge is 0.496 e. The van der Waals surface area contributed by atoms with Crippen LogP contribution in [0, 0.1) is 12.8 Å². The SMILES string of the molecule is COc1ccc(C2NCC(=O)N2C2CCCC2C)cc1C. The van der Waals surface area contributed by atoms with Crippen LogP contribution in [0.4, 0.5) is 0 Å². The molecular weight excluding hydrogens is 264 g/mol.